The Labute approximate surface area is 146 Å². The van der Waals surface area contributed by atoms with E-state index in [1.54, 1.807) is 36.1 Å². The van der Waals surface area contributed by atoms with Crippen molar-refractivity contribution in [3.8, 4) is 0 Å². The Kier molecular flexibility index (Phi) is 6.04. The third-order valence-corrected chi connectivity index (χ3v) is 4.34. The maximum atomic E-state index is 12.4. The molecule has 7 heteroatoms. The Morgan fingerprint density at radius 2 is 2.00 bits per heavy atom. The number of amides is 1. The molecule has 1 amide bonds. The van der Waals surface area contributed by atoms with Crippen molar-refractivity contribution in [1.82, 2.24) is 20.4 Å². The molecule has 0 aliphatic heterocycles. The fraction of sp³-hybridized carbons (Fsp3) is 0.375. The van der Waals surface area contributed by atoms with E-state index in [2.05, 4.69) is 15.7 Å². The third-order valence-electron chi connectivity index (χ3n) is 3.68. The number of hydrogen-bond donors (Lipinski definition) is 2. The van der Waals surface area contributed by atoms with Crippen molar-refractivity contribution in [2.75, 3.05) is 13.6 Å². The number of rotatable bonds is 6. The van der Waals surface area contributed by atoms with E-state index in [0.29, 0.717) is 16.6 Å². The van der Waals surface area contributed by atoms with Crippen LogP contribution in [0.2, 0.25) is 10.0 Å². The summed E-state index contributed by atoms with van der Waals surface area (Å²) in [4.78, 5) is 12.4. The van der Waals surface area contributed by atoms with Gasteiger partial charge in [-0.15, -0.1) is 0 Å². The third kappa shape index (κ3) is 4.25. The van der Waals surface area contributed by atoms with Gasteiger partial charge in [0.05, 0.1) is 6.20 Å². The van der Waals surface area contributed by atoms with Crippen molar-refractivity contribution < 1.29 is 4.79 Å². The van der Waals surface area contributed by atoms with Crippen molar-refractivity contribution in [3.63, 3.8) is 0 Å². The lowest BCUT2D eigenvalue weighted by Crippen LogP contribution is -2.37. The van der Waals surface area contributed by atoms with Gasteiger partial charge in [0.15, 0.2) is 0 Å². The zero-order valence-electron chi connectivity index (χ0n) is 13.3. The molecule has 0 radical (unpaired) electrons. The molecule has 1 aromatic heterocycles. The first-order chi connectivity index (χ1) is 10.9. The quantitative estimate of drug-likeness (QED) is 0.838. The largest absolute Gasteiger partial charge is 0.354 e. The van der Waals surface area contributed by atoms with E-state index in [4.69, 9.17) is 23.2 Å². The van der Waals surface area contributed by atoms with Gasteiger partial charge in [0, 0.05) is 41.3 Å². The molecule has 2 rings (SSSR count). The van der Waals surface area contributed by atoms with E-state index in [9.17, 15) is 4.79 Å². The summed E-state index contributed by atoms with van der Waals surface area (Å²) in [7, 11) is 3.56. The number of nitrogens with one attached hydrogen (secondary N) is 2. The van der Waals surface area contributed by atoms with E-state index < -0.39 is 6.04 Å². The summed E-state index contributed by atoms with van der Waals surface area (Å²) in [6.45, 7) is 2.42. The summed E-state index contributed by atoms with van der Waals surface area (Å²) >= 11 is 12.4. The van der Waals surface area contributed by atoms with E-state index >= 15 is 0 Å². The van der Waals surface area contributed by atoms with Crippen LogP contribution in [0.15, 0.2) is 30.6 Å². The second-order valence-electron chi connectivity index (χ2n) is 5.45. The van der Waals surface area contributed by atoms with Crippen molar-refractivity contribution in [2.24, 2.45) is 7.05 Å². The Bertz CT molecular complexity index is 666. The smallest absolute Gasteiger partial charge is 0.241 e. The van der Waals surface area contributed by atoms with Gasteiger partial charge < -0.3 is 10.6 Å². The van der Waals surface area contributed by atoms with Crippen LogP contribution >= 0.6 is 23.2 Å². The van der Waals surface area contributed by atoms with Crippen molar-refractivity contribution in [1.29, 1.82) is 0 Å². The zero-order chi connectivity index (χ0) is 17.0. The van der Waals surface area contributed by atoms with E-state index in [1.807, 2.05) is 20.2 Å². The lowest BCUT2D eigenvalue weighted by Gasteiger charge is -2.19. The lowest BCUT2D eigenvalue weighted by atomic mass is 10.0. The highest BCUT2D eigenvalue weighted by molar-refractivity contribution is 6.36. The first-order valence-electron chi connectivity index (χ1n) is 7.31. The molecule has 0 saturated heterocycles. The first kappa shape index (κ1) is 17.8. The zero-order valence-corrected chi connectivity index (χ0v) is 14.8. The maximum absolute atomic E-state index is 12.4. The van der Waals surface area contributed by atoms with Crippen molar-refractivity contribution >= 4 is 29.1 Å². The average Bonchev–Trinajstić information content (AvgIpc) is 2.92. The number of carbonyl (C=O) groups is 1. The lowest BCUT2D eigenvalue weighted by molar-refractivity contribution is -0.123. The molecule has 0 fully saturated rings. The van der Waals surface area contributed by atoms with Gasteiger partial charge >= 0.3 is 0 Å². The van der Waals surface area contributed by atoms with Crippen molar-refractivity contribution in [2.45, 2.75) is 18.9 Å². The Hall–Kier alpha value is -1.56. The highest BCUT2D eigenvalue weighted by Crippen LogP contribution is 2.31. The van der Waals surface area contributed by atoms with Gasteiger partial charge in [-0.05, 0) is 24.7 Å². The molecule has 0 aliphatic rings. The molecule has 1 aromatic carbocycles. The number of hydrogen-bond acceptors (Lipinski definition) is 3. The summed E-state index contributed by atoms with van der Waals surface area (Å²) < 4.78 is 1.67. The molecule has 2 N–H and O–H groups in total. The molecule has 2 unspecified atom stereocenters. The van der Waals surface area contributed by atoms with E-state index in [-0.39, 0.29) is 11.8 Å². The van der Waals surface area contributed by atoms with Crippen LogP contribution in [0.3, 0.4) is 0 Å². The molecule has 5 nitrogen and oxygen atoms in total. The van der Waals surface area contributed by atoms with Crippen LogP contribution in [0.25, 0.3) is 0 Å². The number of benzene rings is 1. The van der Waals surface area contributed by atoms with Crippen LogP contribution in [0, 0.1) is 0 Å². The summed E-state index contributed by atoms with van der Waals surface area (Å²) in [6.07, 6.45) is 3.49. The van der Waals surface area contributed by atoms with Gasteiger partial charge in [-0.1, -0.05) is 36.2 Å². The predicted octanol–water partition coefficient (Wildman–Crippen LogP) is 2.91. The molecule has 124 valence electrons. The summed E-state index contributed by atoms with van der Waals surface area (Å²) in [5, 5.41) is 11.3. The summed E-state index contributed by atoms with van der Waals surface area (Å²) in [5.74, 6) is -0.109. The summed E-state index contributed by atoms with van der Waals surface area (Å²) in [6, 6.07) is 4.96. The highest BCUT2D eigenvalue weighted by Gasteiger charge is 2.21. The van der Waals surface area contributed by atoms with Crippen LogP contribution in [0.5, 0.6) is 0 Å². The Balaban J connectivity index is 2.03. The van der Waals surface area contributed by atoms with Gasteiger partial charge in [-0.3, -0.25) is 9.48 Å². The highest BCUT2D eigenvalue weighted by atomic mass is 35.5. The average molecular weight is 355 g/mol. The van der Waals surface area contributed by atoms with Crippen LogP contribution in [0.1, 0.15) is 30.0 Å². The molecule has 2 atom stereocenters. The molecule has 23 heavy (non-hydrogen) atoms. The molecular formula is C16H20Cl2N4O. The Morgan fingerprint density at radius 1 is 1.35 bits per heavy atom. The van der Waals surface area contributed by atoms with Crippen LogP contribution in [-0.2, 0) is 11.8 Å². The first-order valence-corrected chi connectivity index (χ1v) is 8.07. The van der Waals surface area contributed by atoms with E-state index in [1.165, 1.54) is 0 Å². The minimum atomic E-state index is -0.447. The molecule has 0 aliphatic carbocycles. The summed E-state index contributed by atoms with van der Waals surface area (Å²) in [5.41, 5.74) is 1.66. The van der Waals surface area contributed by atoms with Gasteiger partial charge in [-0.25, -0.2) is 0 Å². The molecule has 0 saturated carbocycles. The molecule has 0 spiro atoms. The number of likely N-dealkylation sites (N-methyl/N-ethyl adjacent to an activating group) is 1. The topological polar surface area (TPSA) is 59.0 Å². The number of aryl methyl sites for hydroxylation is 1. The van der Waals surface area contributed by atoms with Crippen molar-refractivity contribution in [3.05, 3.63) is 51.8 Å². The fourth-order valence-electron chi connectivity index (χ4n) is 2.48. The fourth-order valence-corrected chi connectivity index (χ4v) is 3.25. The second kappa shape index (κ2) is 7.81. The van der Waals surface area contributed by atoms with Gasteiger partial charge in [-0.2, -0.15) is 5.10 Å². The normalized spacial score (nSPS) is 13.6. The Morgan fingerprint density at radius 3 is 2.52 bits per heavy atom. The second-order valence-corrected chi connectivity index (χ2v) is 6.26. The number of halogens is 2. The number of nitrogens with zero attached hydrogens (tertiary/aromatic N) is 2. The maximum Gasteiger partial charge on any atom is 0.241 e. The molecule has 2 aromatic rings. The molecule has 1 heterocycles. The minimum Gasteiger partial charge on any atom is -0.354 e. The standard InChI is InChI=1S/C16H20Cl2N4O/c1-10(14-12(17)5-4-6-13(14)18)7-20-16(23)15(19-2)11-8-21-22(3)9-11/h4-6,8-10,15,19H,7H2,1-3H3,(H,20,23). The van der Waals surface area contributed by atoms with Crippen LogP contribution in [-0.4, -0.2) is 29.3 Å². The van der Waals surface area contributed by atoms with Gasteiger partial charge in [0.25, 0.3) is 0 Å². The molecule has 0 bridgehead atoms. The number of carbonyl (C=O) groups excluding carboxylic acids is 1. The van der Waals surface area contributed by atoms with Crippen LogP contribution < -0.4 is 10.6 Å². The molecular weight excluding hydrogens is 335 g/mol. The number of aromatic nitrogens is 2. The van der Waals surface area contributed by atoms with Gasteiger partial charge in [0.2, 0.25) is 5.91 Å². The monoisotopic (exact) mass is 354 g/mol. The SMILES string of the molecule is CNC(C(=O)NCC(C)c1c(Cl)cccc1Cl)c1cnn(C)c1. The minimum absolute atomic E-state index is 0.00607. The van der Waals surface area contributed by atoms with E-state index in [0.717, 1.165) is 11.1 Å². The van der Waals surface area contributed by atoms with Gasteiger partial charge in [0.1, 0.15) is 6.04 Å². The predicted molar refractivity (Wildman–Crippen MR) is 92.9 cm³/mol. The van der Waals surface area contributed by atoms with Crippen LogP contribution in [0.4, 0.5) is 0 Å².